The molecule has 2 aromatic rings. The van der Waals surface area contributed by atoms with Gasteiger partial charge in [-0.2, -0.15) is 4.31 Å². The van der Waals surface area contributed by atoms with E-state index in [0.29, 0.717) is 31.1 Å². The Kier molecular flexibility index (Phi) is 6.67. The number of hydrogen-bond donors (Lipinski definition) is 1. The molecule has 1 aliphatic heterocycles. The third-order valence-corrected chi connectivity index (χ3v) is 7.06. The molecular formula is C22H28N2O5S. The first-order valence-corrected chi connectivity index (χ1v) is 11.4. The maximum atomic E-state index is 12.8. The van der Waals surface area contributed by atoms with Crippen LogP contribution in [0.1, 0.15) is 36.1 Å². The maximum Gasteiger partial charge on any atom is 0.243 e. The number of amides is 1. The summed E-state index contributed by atoms with van der Waals surface area (Å²) in [5.41, 5.74) is 2.79. The lowest BCUT2D eigenvalue weighted by molar-refractivity contribution is -0.121. The van der Waals surface area contributed by atoms with Gasteiger partial charge in [0, 0.05) is 7.05 Å². The molecule has 0 saturated carbocycles. The number of carbonyl (C=O) groups is 1. The average Bonchev–Trinajstić information content (AvgIpc) is 2.73. The molecule has 1 N–H and O–H groups in total. The number of aryl methyl sites for hydroxylation is 2. The molecule has 2 aromatic carbocycles. The summed E-state index contributed by atoms with van der Waals surface area (Å²) in [6, 6.07) is 10.3. The Morgan fingerprint density at radius 3 is 2.43 bits per heavy atom. The third-order valence-electron chi connectivity index (χ3n) is 5.26. The molecule has 0 aliphatic carbocycles. The van der Waals surface area contributed by atoms with Crippen LogP contribution < -0.4 is 14.8 Å². The predicted molar refractivity (Wildman–Crippen MR) is 114 cm³/mol. The summed E-state index contributed by atoms with van der Waals surface area (Å²) in [4.78, 5) is 12.8. The van der Waals surface area contributed by atoms with E-state index in [0.717, 1.165) is 21.0 Å². The van der Waals surface area contributed by atoms with Crippen molar-refractivity contribution in [2.24, 2.45) is 0 Å². The fourth-order valence-electron chi connectivity index (χ4n) is 3.28. The molecule has 30 heavy (non-hydrogen) atoms. The summed E-state index contributed by atoms with van der Waals surface area (Å²) in [5.74, 6) is 0.970. The van der Waals surface area contributed by atoms with Gasteiger partial charge in [-0.1, -0.05) is 19.1 Å². The van der Waals surface area contributed by atoms with Crippen LogP contribution in [-0.4, -0.2) is 45.4 Å². The average molecular weight is 433 g/mol. The molecule has 0 radical (unpaired) electrons. The molecule has 1 atom stereocenters. The van der Waals surface area contributed by atoms with Gasteiger partial charge >= 0.3 is 0 Å². The Morgan fingerprint density at radius 1 is 1.07 bits per heavy atom. The van der Waals surface area contributed by atoms with Crippen molar-refractivity contribution in [1.82, 2.24) is 9.62 Å². The molecular weight excluding hydrogens is 404 g/mol. The highest BCUT2D eigenvalue weighted by Gasteiger charge is 2.25. The Morgan fingerprint density at radius 2 is 1.77 bits per heavy atom. The van der Waals surface area contributed by atoms with E-state index < -0.39 is 10.0 Å². The lowest BCUT2D eigenvalue weighted by Crippen LogP contribution is -2.39. The van der Waals surface area contributed by atoms with E-state index in [2.05, 4.69) is 5.32 Å². The van der Waals surface area contributed by atoms with Crippen LogP contribution in [0.5, 0.6) is 11.5 Å². The van der Waals surface area contributed by atoms with Gasteiger partial charge in [0.05, 0.1) is 17.5 Å². The number of hydrogen-bond acceptors (Lipinski definition) is 5. The number of nitrogens with one attached hydrogen (secondary N) is 1. The van der Waals surface area contributed by atoms with Gasteiger partial charge in [-0.25, -0.2) is 8.42 Å². The monoisotopic (exact) mass is 432 g/mol. The van der Waals surface area contributed by atoms with Gasteiger partial charge in [-0.3, -0.25) is 4.79 Å². The molecule has 1 aliphatic rings. The minimum absolute atomic E-state index is 0.180. The van der Waals surface area contributed by atoms with Gasteiger partial charge in [0.25, 0.3) is 0 Å². The van der Waals surface area contributed by atoms with Crippen molar-refractivity contribution in [1.29, 1.82) is 0 Å². The highest BCUT2D eigenvalue weighted by atomic mass is 32.2. The van der Waals surface area contributed by atoms with E-state index in [1.54, 1.807) is 18.2 Å². The van der Waals surface area contributed by atoms with Gasteiger partial charge in [0.15, 0.2) is 11.5 Å². The van der Waals surface area contributed by atoms with E-state index in [1.807, 2.05) is 39.0 Å². The topological polar surface area (TPSA) is 84.9 Å². The van der Waals surface area contributed by atoms with Crippen molar-refractivity contribution in [2.45, 2.75) is 38.1 Å². The molecule has 8 heteroatoms. The largest absolute Gasteiger partial charge is 0.486 e. The second-order valence-corrected chi connectivity index (χ2v) is 9.48. The molecule has 0 fully saturated rings. The van der Waals surface area contributed by atoms with Gasteiger partial charge in [-0.15, -0.1) is 0 Å². The Hall–Kier alpha value is -2.58. The number of nitrogens with zero attached hydrogens (tertiary/aromatic N) is 1. The zero-order valence-corrected chi connectivity index (χ0v) is 18.6. The first kappa shape index (κ1) is 22.1. The SMILES string of the molecule is CCC(NC(=O)CN(C)S(=O)(=O)c1ccc(C)c(C)c1)c1ccc2c(c1)OCCO2. The number of benzene rings is 2. The van der Waals surface area contributed by atoms with Crippen LogP contribution in [0.25, 0.3) is 0 Å². The fourth-order valence-corrected chi connectivity index (χ4v) is 4.49. The summed E-state index contributed by atoms with van der Waals surface area (Å²) in [5, 5.41) is 2.92. The molecule has 3 rings (SSSR count). The van der Waals surface area contributed by atoms with Crippen molar-refractivity contribution < 1.29 is 22.7 Å². The van der Waals surface area contributed by atoms with Gasteiger partial charge in [-0.05, 0) is 61.2 Å². The Labute approximate surface area is 178 Å². The second kappa shape index (κ2) is 9.06. The zero-order valence-electron chi connectivity index (χ0n) is 17.8. The van der Waals surface area contributed by atoms with Crippen LogP contribution in [0.15, 0.2) is 41.3 Å². The molecule has 0 aromatic heterocycles. The van der Waals surface area contributed by atoms with Crippen molar-refractivity contribution in [3.63, 3.8) is 0 Å². The first-order chi connectivity index (χ1) is 14.2. The van der Waals surface area contributed by atoms with Gasteiger partial charge in [0.1, 0.15) is 13.2 Å². The number of rotatable bonds is 7. The molecule has 1 amide bonds. The Bertz CT molecular complexity index is 1040. The van der Waals surface area contributed by atoms with Crippen molar-refractivity contribution in [3.8, 4) is 11.5 Å². The molecule has 0 bridgehead atoms. The minimum atomic E-state index is -3.76. The van der Waals surface area contributed by atoms with Gasteiger partial charge < -0.3 is 14.8 Å². The number of fused-ring (bicyclic) bond motifs is 1. The molecule has 1 heterocycles. The number of ether oxygens (including phenoxy) is 2. The van der Waals surface area contributed by atoms with E-state index in [9.17, 15) is 13.2 Å². The summed E-state index contributed by atoms with van der Waals surface area (Å²) in [7, 11) is -2.34. The van der Waals surface area contributed by atoms with Crippen molar-refractivity contribution in [3.05, 3.63) is 53.1 Å². The van der Waals surface area contributed by atoms with Crippen LogP contribution in [0.4, 0.5) is 0 Å². The van der Waals surface area contributed by atoms with Crippen LogP contribution in [0, 0.1) is 13.8 Å². The minimum Gasteiger partial charge on any atom is -0.486 e. The second-order valence-electron chi connectivity index (χ2n) is 7.44. The molecule has 1 unspecified atom stereocenters. The Balaban J connectivity index is 1.69. The third kappa shape index (κ3) is 4.76. The van der Waals surface area contributed by atoms with E-state index >= 15 is 0 Å². The van der Waals surface area contributed by atoms with Crippen molar-refractivity contribution >= 4 is 15.9 Å². The number of likely N-dealkylation sites (N-methyl/N-ethyl adjacent to an activating group) is 1. The molecule has 0 saturated heterocycles. The highest BCUT2D eigenvalue weighted by molar-refractivity contribution is 7.89. The van der Waals surface area contributed by atoms with Crippen LogP contribution in [-0.2, 0) is 14.8 Å². The fraction of sp³-hybridized carbons (Fsp3) is 0.409. The molecule has 162 valence electrons. The van der Waals surface area contributed by atoms with Crippen LogP contribution >= 0.6 is 0 Å². The van der Waals surface area contributed by atoms with Gasteiger partial charge in [0.2, 0.25) is 15.9 Å². The highest BCUT2D eigenvalue weighted by Crippen LogP contribution is 2.33. The maximum absolute atomic E-state index is 12.8. The summed E-state index contributed by atoms with van der Waals surface area (Å²) in [6.07, 6.45) is 0.652. The normalized spacial score (nSPS) is 14.4. The molecule has 0 spiro atoms. The predicted octanol–water partition coefficient (Wildman–Crippen LogP) is 2.96. The standard InChI is InChI=1S/C22H28N2O5S/c1-5-19(17-7-9-20-21(13-17)29-11-10-28-20)23-22(25)14-24(4)30(26,27)18-8-6-15(2)16(3)12-18/h6-9,12-13,19H,5,10-11,14H2,1-4H3,(H,23,25). The zero-order chi connectivity index (χ0) is 21.9. The number of sulfonamides is 1. The lowest BCUT2D eigenvalue weighted by atomic mass is 10.0. The van der Waals surface area contributed by atoms with Crippen LogP contribution in [0.2, 0.25) is 0 Å². The lowest BCUT2D eigenvalue weighted by Gasteiger charge is -2.23. The molecule has 7 nitrogen and oxygen atoms in total. The summed E-state index contributed by atoms with van der Waals surface area (Å²) < 4.78 is 37.9. The van der Waals surface area contributed by atoms with Crippen LogP contribution in [0.3, 0.4) is 0 Å². The summed E-state index contributed by atoms with van der Waals surface area (Å²) >= 11 is 0. The number of carbonyl (C=O) groups excluding carboxylic acids is 1. The summed E-state index contributed by atoms with van der Waals surface area (Å²) in [6.45, 7) is 6.47. The van der Waals surface area contributed by atoms with Crippen molar-refractivity contribution in [2.75, 3.05) is 26.8 Å². The van der Waals surface area contributed by atoms with E-state index in [-0.39, 0.29) is 23.4 Å². The quantitative estimate of drug-likeness (QED) is 0.727. The first-order valence-electron chi connectivity index (χ1n) is 9.95. The smallest absolute Gasteiger partial charge is 0.243 e. The van der Waals surface area contributed by atoms with E-state index in [1.165, 1.54) is 7.05 Å². The van der Waals surface area contributed by atoms with E-state index in [4.69, 9.17) is 9.47 Å².